The number of hydrogen-bond acceptors (Lipinski definition) is 20. The summed E-state index contributed by atoms with van der Waals surface area (Å²) >= 11 is 0. The number of aliphatic carboxylic acids is 3. The number of carbonyl (C=O) groups excluding carboxylic acids is 9. The summed E-state index contributed by atoms with van der Waals surface area (Å²) < 4.78 is 5.65. The summed E-state index contributed by atoms with van der Waals surface area (Å²) in [4.78, 5) is 166. The molecule has 5 atom stereocenters. The molecule has 4 aliphatic rings. The van der Waals surface area contributed by atoms with Gasteiger partial charge in [0, 0.05) is 68.7 Å². The molecular weight excluding hydrogens is 1230 g/mol. The molecule has 0 radical (unpaired) electrons. The van der Waals surface area contributed by atoms with Crippen molar-refractivity contribution in [3.63, 3.8) is 0 Å². The van der Waals surface area contributed by atoms with Gasteiger partial charge in [-0.2, -0.15) is 0 Å². The average Bonchev–Trinajstić information content (AvgIpc) is 3.71. The van der Waals surface area contributed by atoms with Crippen LogP contribution < -0.4 is 21.3 Å². The van der Waals surface area contributed by atoms with Gasteiger partial charge in [-0.3, -0.25) is 43.2 Å². The topological polar surface area (TPSA) is 368 Å². The highest BCUT2D eigenvalue weighted by molar-refractivity contribution is 8.77. The largest absolute Gasteiger partial charge is 0.481 e. The van der Waals surface area contributed by atoms with E-state index in [-0.39, 0.29) is 70.0 Å². The van der Waals surface area contributed by atoms with Crippen molar-refractivity contribution in [1.82, 2.24) is 46.1 Å². The lowest BCUT2D eigenvalue weighted by Crippen LogP contribution is -2.58. The van der Waals surface area contributed by atoms with E-state index in [1.807, 2.05) is 84.2 Å². The third kappa shape index (κ3) is 20.4. The third-order valence-electron chi connectivity index (χ3n) is 14.4. The number of hydroxylamine groups is 2. The van der Waals surface area contributed by atoms with Gasteiger partial charge < -0.3 is 56.0 Å². The first kappa shape index (κ1) is 68.3. The molecule has 3 saturated heterocycles. The molecule has 3 aliphatic heterocycles. The third-order valence-corrected chi connectivity index (χ3v) is 19.0. The van der Waals surface area contributed by atoms with Gasteiger partial charge in [-0.25, -0.2) is 24.4 Å². The number of rotatable bonds is 30. The summed E-state index contributed by atoms with van der Waals surface area (Å²) in [5, 5.41) is 40.1. The molecule has 2 aromatic carbocycles. The second kappa shape index (κ2) is 34.5. The summed E-state index contributed by atoms with van der Waals surface area (Å²) in [5.41, 5.74) is 4.31. The van der Waals surface area contributed by atoms with E-state index < -0.39 is 108 Å². The Morgan fingerprint density at radius 1 is 0.618 bits per heavy atom. The normalized spacial score (nSPS) is 16.8. The number of fused-ring (bicyclic) bond motifs is 3. The Hall–Kier alpha value is -8.22. The summed E-state index contributed by atoms with van der Waals surface area (Å²) in [7, 11) is 5.81. The van der Waals surface area contributed by atoms with Crippen molar-refractivity contribution in [2.75, 3.05) is 37.7 Å². The first-order valence-electron chi connectivity index (χ1n) is 28.6. The number of alkyl carbamates (subject to hydrolysis) is 1. The van der Waals surface area contributed by atoms with Crippen LogP contribution in [0, 0.1) is 0 Å². The highest BCUT2D eigenvalue weighted by Gasteiger charge is 2.42. The fourth-order valence-corrected chi connectivity index (χ4v) is 13.9. The van der Waals surface area contributed by atoms with E-state index in [0.717, 1.165) is 32.3 Å². The zero-order valence-corrected chi connectivity index (χ0v) is 51.3. The number of likely N-dealkylation sites (tertiary alicyclic amines) is 2. The van der Waals surface area contributed by atoms with Crippen LogP contribution in [0.25, 0.3) is 11.1 Å². The van der Waals surface area contributed by atoms with Crippen LogP contribution in [0.1, 0.15) is 101 Å². The number of nitrogens with zero attached hydrogens (tertiary/aromatic N) is 5. The molecule has 2 aromatic heterocycles. The Balaban J connectivity index is 0.000000476. The number of amides is 8. The van der Waals surface area contributed by atoms with Crippen molar-refractivity contribution in [2.45, 2.75) is 130 Å². The van der Waals surface area contributed by atoms with Crippen molar-refractivity contribution in [2.24, 2.45) is 0 Å². The minimum Gasteiger partial charge on any atom is -0.481 e. The van der Waals surface area contributed by atoms with Gasteiger partial charge in [0.2, 0.25) is 29.5 Å². The quantitative estimate of drug-likeness (QED) is 0.0200. The van der Waals surface area contributed by atoms with E-state index in [2.05, 4.69) is 25.9 Å². The molecule has 4 aromatic rings. The smallest absolute Gasteiger partial charge is 0.407 e. The van der Waals surface area contributed by atoms with E-state index in [9.17, 15) is 67.7 Å². The summed E-state index contributed by atoms with van der Waals surface area (Å²) in [6.45, 7) is 0.693. The predicted octanol–water partition coefficient (Wildman–Crippen LogP) is 5.21. The molecular formula is C59H67N9O17S4. The average molecular weight is 1300 g/mol. The van der Waals surface area contributed by atoms with Gasteiger partial charge >= 0.3 is 30.0 Å². The minimum absolute atomic E-state index is 0.0599. The molecule has 0 saturated carbocycles. The number of carboxylic acid groups (broad SMARTS) is 3. The molecule has 7 N–H and O–H groups in total. The molecule has 0 bridgehead atoms. The van der Waals surface area contributed by atoms with Gasteiger partial charge in [0.25, 0.3) is 11.8 Å². The van der Waals surface area contributed by atoms with E-state index in [1.165, 1.54) is 53.0 Å². The van der Waals surface area contributed by atoms with Crippen LogP contribution in [-0.2, 0) is 62.3 Å². The fourth-order valence-electron chi connectivity index (χ4n) is 10.2. The molecule has 30 heteroatoms. The molecule has 3 fully saturated rings. The van der Waals surface area contributed by atoms with Crippen LogP contribution in [0.15, 0.2) is 107 Å². The van der Waals surface area contributed by atoms with Crippen LogP contribution in [0.3, 0.4) is 0 Å². The Morgan fingerprint density at radius 3 is 1.71 bits per heavy atom. The van der Waals surface area contributed by atoms with E-state index in [1.54, 1.807) is 18.5 Å². The zero-order chi connectivity index (χ0) is 63.8. The van der Waals surface area contributed by atoms with Gasteiger partial charge in [-0.1, -0.05) is 82.3 Å². The van der Waals surface area contributed by atoms with Gasteiger partial charge in [-0.05, 0) is 113 Å². The number of benzene rings is 2. The van der Waals surface area contributed by atoms with Crippen molar-refractivity contribution in [1.29, 1.82) is 0 Å². The van der Waals surface area contributed by atoms with Crippen molar-refractivity contribution in [3.8, 4) is 11.1 Å². The number of carboxylic acids is 3. The predicted molar refractivity (Wildman–Crippen MR) is 326 cm³/mol. The Kier molecular flexibility index (Phi) is 26.5. The highest BCUT2D eigenvalue weighted by Crippen LogP contribution is 2.44. The van der Waals surface area contributed by atoms with Crippen LogP contribution in [0.4, 0.5) is 4.79 Å². The van der Waals surface area contributed by atoms with Crippen LogP contribution in [0.5, 0.6) is 0 Å². The summed E-state index contributed by atoms with van der Waals surface area (Å²) in [5.74, 6) is -9.03. The molecule has 5 unspecified atom stereocenters. The summed E-state index contributed by atoms with van der Waals surface area (Å²) in [6, 6.07) is 20.0. The Labute approximate surface area is 527 Å². The molecule has 1 aliphatic carbocycles. The van der Waals surface area contributed by atoms with E-state index >= 15 is 0 Å². The minimum atomic E-state index is -1.92. The first-order chi connectivity index (χ1) is 42.9. The number of pyridine rings is 2. The monoisotopic (exact) mass is 1300 g/mol. The van der Waals surface area contributed by atoms with Crippen molar-refractivity contribution < 1.29 is 82.4 Å². The Bertz CT molecular complexity index is 3150. The van der Waals surface area contributed by atoms with Gasteiger partial charge in [0.15, 0.2) is 0 Å². The maximum Gasteiger partial charge on any atom is 0.407 e. The van der Waals surface area contributed by atoms with E-state index in [0.29, 0.717) is 55.2 Å². The molecule has 89 heavy (non-hydrogen) atoms. The highest BCUT2D eigenvalue weighted by atomic mass is 33.1. The van der Waals surface area contributed by atoms with Crippen LogP contribution in [-0.4, -0.2) is 179 Å². The molecule has 8 amide bonds. The lowest BCUT2D eigenvalue weighted by atomic mass is 9.98. The molecule has 8 rings (SSSR count). The second-order valence-corrected chi connectivity index (χ2v) is 25.5. The molecule has 0 spiro atoms. The number of unbranched alkanes of at least 4 members (excludes halogenated alkanes) is 1. The van der Waals surface area contributed by atoms with Gasteiger partial charge in [-0.15, -0.1) is 5.06 Å². The molecule has 474 valence electrons. The molecule has 5 heterocycles. The van der Waals surface area contributed by atoms with Crippen LogP contribution >= 0.6 is 43.2 Å². The first-order valence-corrected chi connectivity index (χ1v) is 33.3. The second-order valence-electron chi connectivity index (χ2n) is 20.6. The number of imide groups is 1. The maximum absolute atomic E-state index is 14.5. The standard InChI is InChI=1S/C47H55N7O13S2.C12H12N2O4S2/c55-39(19-24-68-69-38-18-6-8-20-48-38)53-22-9-16-36(53)43(61)50-33(15-5-7-21-49-47(66)67-27-32-30-13-3-1-11-28(30)29-12-2-4-14-31(29)32)45(63)54-23-10-17-37(54)44(62)51-34(25-40(56)57)42(60)52-35(46(64)65)26-41(58)59;15-10-4-5-11(16)14(10)18-12(17)6-8-19-20-9-3-1-2-7-13-9/h1-4,6,8,11-14,18,20,32-37H,5,7,9-10,15-17,19,21-27H2,(H,49,66)(H,50,61)(H,51,62)(H,52,60)(H,56,57)(H,58,59)(H,64,65);1-3,7H,4-6,8H2. The number of ether oxygens (including phenoxy) is 1. The van der Waals surface area contributed by atoms with Gasteiger partial charge in [0.05, 0.1) is 19.3 Å². The Morgan fingerprint density at radius 2 is 1.15 bits per heavy atom. The van der Waals surface area contributed by atoms with Crippen LogP contribution in [0.2, 0.25) is 0 Å². The number of carbonyl (C=O) groups is 12. The van der Waals surface area contributed by atoms with E-state index in [4.69, 9.17) is 14.7 Å². The SMILES string of the molecule is O=C(CCSSc1ccccn1)ON1C(=O)CCC1=O.O=C(O)CC(NC(=O)C(CC(=O)O)NC(=O)C1CCCN1C(=O)C(CCCCNC(=O)OCC1c2ccccc2-c2ccccc21)NC(=O)C1CCCN1C(=O)CCSSc1ccccn1)C(=O)O. The lowest BCUT2D eigenvalue weighted by Gasteiger charge is -2.31. The zero-order valence-electron chi connectivity index (χ0n) is 48.1. The fraction of sp³-hybridized carbons (Fsp3) is 0.424. The lowest BCUT2D eigenvalue weighted by molar-refractivity contribution is -0.197. The van der Waals surface area contributed by atoms with Crippen molar-refractivity contribution in [3.05, 3.63) is 108 Å². The van der Waals surface area contributed by atoms with Crippen molar-refractivity contribution >= 4 is 114 Å². The molecule has 26 nitrogen and oxygen atoms in total. The number of nitrogens with one attached hydrogen (secondary N) is 4. The number of aromatic nitrogens is 2. The summed E-state index contributed by atoms with van der Waals surface area (Å²) in [6.07, 6.45) is 3.32. The maximum atomic E-state index is 14.5. The van der Waals surface area contributed by atoms with Gasteiger partial charge in [0.1, 0.15) is 46.9 Å². The number of hydrogen-bond donors (Lipinski definition) is 7.